The normalized spacial score (nSPS) is 20.1. The lowest BCUT2D eigenvalue weighted by atomic mass is 9.87. The zero-order valence-electron chi connectivity index (χ0n) is 14.0. The molecule has 0 bridgehead atoms. The Morgan fingerprint density at radius 3 is 2.30 bits per heavy atom. The predicted molar refractivity (Wildman–Crippen MR) is 84.6 cm³/mol. The number of carbonyl (C=O) groups excluding carboxylic acids is 1. The Labute approximate surface area is 124 Å². The van der Waals surface area contributed by atoms with E-state index in [1.165, 1.54) is 25.7 Å². The lowest BCUT2D eigenvalue weighted by molar-refractivity contribution is -0.122. The zero-order valence-corrected chi connectivity index (χ0v) is 14.0. The van der Waals surface area contributed by atoms with Crippen LogP contribution in [-0.4, -0.2) is 43.0 Å². The molecule has 1 atom stereocenters. The van der Waals surface area contributed by atoms with Crippen LogP contribution in [0, 0.1) is 5.41 Å². The molecule has 1 aliphatic rings. The van der Waals surface area contributed by atoms with E-state index in [0.717, 1.165) is 13.0 Å². The topological polar surface area (TPSA) is 58.4 Å². The van der Waals surface area contributed by atoms with Gasteiger partial charge in [-0.1, -0.05) is 33.6 Å². The molecule has 118 valence electrons. The molecule has 4 nitrogen and oxygen atoms in total. The predicted octanol–water partition coefficient (Wildman–Crippen LogP) is 2.13. The summed E-state index contributed by atoms with van der Waals surface area (Å²) < 4.78 is 0. The van der Waals surface area contributed by atoms with Gasteiger partial charge in [-0.15, -0.1) is 0 Å². The van der Waals surface area contributed by atoms with Crippen molar-refractivity contribution in [2.24, 2.45) is 11.1 Å². The van der Waals surface area contributed by atoms with Crippen LogP contribution in [0.4, 0.5) is 0 Å². The molecule has 1 fully saturated rings. The molecular formula is C16H33N3O. The molecule has 3 N–H and O–H groups in total. The minimum absolute atomic E-state index is 0.0473. The molecule has 20 heavy (non-hydrogen) atoms. The van der Waals surface area contributed by atoms with E-state index < -0.39 is 0 Å². The summed E-state index contributed by atoms with van der Waals surface area (Å²) in [6.07, 6.45) is 6.18. The molecule has 0 radical (unpaired) electrons. The number of carbonyl (C=O) groups is 1. The number of rotatable bonds is 6. The second-order valence-electron chi connectivity index (χ2n) is 7.83. The molecule has 1 saturated carbocycles. The van der Waals surface area contributed by atoms with E-state index >= 15 is 0 Å². The number of amides is 1. The highest BCUT2D eigenvalue weighted by Crippen LogP contribution is 2.33. The van der Waals surface area contributed by atoms with E-state index in [-0.39, 0.29) is 22.9 Å². The maximum atomic E-state index is 12.1. The standard InChI is InChI=1S/C16H33N3O/c1-15(2,3)11-13(17)10-14(20)18-12-16(19(4)5)8-6-7-9-16/h13H,6-12,17H2,1-5H3,(H,18,20). The number of likely N-dealkylation sites (N-methyl/N-ethyl adjacent to an activating group) is 1. The van der Waals surface area contributed by atoms with Crippen LogP contribution < -0.4 is 11.1 Å². The highest BCUT2D eigenvalue weighted by atomic mass is 16.1. The largest absolute Gasteiger partial charge is 0.354 e. The third-order valence-corrected chi connectivity index (χ3v) is 4.42. The van der Waals surface area contributed by atoms with Gasteiger partial charge in [0.15, 0.2) is 0 Å². The van der Waals surface area contributed by atoms with Crippen molar-refractivity contribution in [3.63, 3.8) is 0 Å². The van der Waals surface area contributed by atoms with Crippen molar-refractivity contribution in [3.8, 4) is 0 Å². The first-order valence-corrected chi connectivity index (χ1v) is 7.84. The SMILES string of the molecule is CN(C)C1(CNC(=O)CC(N)CC(C)(C)C)CCCC1. The van der Waals surface area contributed by atoms with E-state index in [0.29, 0.717) is 6.42 Å². The second kappa shape index (κ2) is 6.90. The fraction of sp³-hybridized carbons (Fsp3) is 0.938. The summed E-state index contributed by atoms with van der Waals surface area (Å²) >= 11 is 0. The lowest BCUT2D eigenvalue weighted by Crippen LogP contribution is -2.51. The first kappa shape index (κ1) is 17.4. The van der Waals surface area contributed by atoms with Crippen molar-refractivity contribution < 1.29 is 4.79 Å². The van der Waals surface area contributed by atoms with E-state index in [4.69, 9.17) is 5.73 Å². The van der Waals surface area contributed by atoms with Gasteiger partial charge in [0.05, 0.1) is 0 Å². The Balaban J connectivity index is 2.39. The second-order valence-corrected chi connectivity index (χ2v) is 7.83. The molecule has 0 aromatic carbocycles. The van der Waals surface area contributed by atoms with Crippen LogP contribution in [0.5, 0.6) is 0 Å². The molecule has 1 unspecified atom stereocenters. The van der Waals surface area contributed by atoms with Gasteiger partial charge >= 0.3 is 0 Å². The average Bonchev–Trinajstić information content (AvgIpc) is 2.73. The Bertz CT molecular complexity index is 314. The van der Waals surface area contributed by atoms with Crippen molar-refractivity contribution in [3.05, 3.63) is 0 Å². The van der Waals surface area contributed by atoms with Gasteiger partial charge in [0.25, 0.3) is 0 Å². The molecule has 0 aromatic rings. The quantitative estimate of drug-likeness (QED) is 0.785. The van der Waals surface area contributed by atoms with Crippen LogP contribution in [0.3, 0.4) is 0 Å². The summed E-state index contributed by atoms with van der Waals surface area (Å²) in [6.45, 7) is 7.22. The minimum atomic E-state index is -0.0473. The van der Waals surface area contributed by atoms with Crippen molar-refractivity contribution in [1.29, 1.82) is 0 Å². The maximum Gasteiger partial charge on any atom is 0.221 e. The number of nitrogens with zero attached hydrogens (tertiary/aromatic N) is 1. The first-order valence-electron chi connectivity index (χ1n) is 7.84. The van der Waals surface area contributed by atoms with Gasteiger partial charge in [0.1, 0.15) is 0 Å². The molecule has 0 spiro atoms. The van der Waals surface area contributed by atoms with Gasteiger partial charge in [-0.25, -0.2) is 0 Å². The van der Waals surface area contributed by atoms with Gasteiger partial charge in [0.2, 0.25) is 5.91 Å². The number of hydrogen-bond acceptors (Lipinski definition) is 3. The molecule has 0 aliphatic heterocycles. The summed E-state index contributed by atoms with van der Waals surface area (Å²) in [7, 11) is 4.23. The first-order chi connectivity index (χ1) is 9.15. The molecule has 0 saturated heterocycles. The fourth-order valence-corrected chi connectivity index (χ4v) is 3.25. The van der Waals surface area contributed by atoms with Crippen LogP contribution in [0.25, 0.3) is 0 Å². The fourth-order valence-electron chi connectivity index (χ4n) is 3.25. The number of nitrogens with two attached hydrogens (primary N) is 1. The van der Waals surface area contributed by atoms with Crippen molar-refractivity contribution >= 4 is 5.91 Å². The maximum absolute atomic E-state index is 12.1. The Morgan fingerprint density at radius 2 is 1.85 bits per heavy atom. The summed E-state index contributed by atoms with van der Waals surface area (Å²) in [5, 5.41) is 3.10. The van der Waals surface area contributed by atoms with Gasteiger partial charge in [-0.2, -0.15) is 0 Å². The minimum Gasteiger partial charge on any atom is -0.354 e. The molecule has 1 aliphatic carbocycles. The van der Waals surface area contributed by atoms with E-state index in [1.807, 2.05) is 0 Å². The summed E-state index contributed by atoms with van der Waals surface area (Å²) in [4.78, 5) is 14.3. The van der Waals surface area contributed by atoms with Gasteiger partial charge < -0.3 is 16.0 Å². The van der Waals surface area contributed by atoms with Crippen molar-refractivity contribution in [2.75, 3.05) is 20.6 Å². The average molecular weight is 283 g/mol. The van der Waals surface area contributed by atoms with E-state index in [9.17, 15) is 4.79 Å². The smallest absolute Gasteiger partial charge is 0.221 e. The van der Waals surface area contributed by atoms with E-state index in [2.05, 4.69) is 45.1 Å². The van der Waals surface area contributed by atoms with Crippen LogP contribution in [0.1, 0.15) is 59.3 Å². The third-order valence-electron chi connectivity index (χ3n) is 4.42. The van der Waals surface area contributed by atoms with Crippen LogP contribution in [0.2, 0.25) is 0 Å². The monoisotopic (exact) mass is 283 g/mol. The molecule has 0 aromatic heterocycles. The molecule has 4 heteroatoms. The summed E-state index contributed by atoms with van der Waals surface area (Å²) in [6, 6.07) is -0.0473. The van der Waals surface area contributed by atoms with E-state index in [1.54, 1.807) is 0 Å². The van der Waals surface area contributed by atoms with Crippen LogP contribution in [0.15, 0.2) is 0 Å². The van der Waals surface area contributed by atoms with Crippen molar-refractivity contribution in [1.82, 2.24) is 10.2 Å². The number of hydrogen-bond donors (Lipinski definition) is 2. The Morgan fingerprint density at radius 1 is 1.30 bits per heavy atom. The highest BCUT2D eigenvalue weighted by molar-refractivity contribution is 5.76. The van der Waals surface area contributed by atoms with Crippen molar-refractivity contribution in [2.45, 2.75) is 70.9 Å². The summed E-state index contributed by atoms with van der Waals surface area (Å²) in [5.41, 5.74) is 6.40. The molecular weight excluding hydrogens is 250 g/mol. The number of nitrogens with one attached hydrogen (secondary N) is 1. The Hall–Kier alpha value is -0.610. The molecule has 1 rings (SSSR count). The van der Waals surface area contributed by atoms with Gasteiger partial charge in [0, 0.05) is 24.5 Å². The summed E-state index contributed by atoms with van der Waals surface area (Å²) in [5.74, 6) is 0.0925. The van der Waals surface area contributed by atoms with Gasteiger partial charge in [-0.3, -0.25) is 4.79 Å². The Kier molecular flexibility index (Phi) is 6.02. The lowest BCUT2D eigenvalue weighted by Gasteiger charge is -2.36. The third kappa shape index (κ3) is 5.41. The van der Waals surface area contributed by atoms with Crippen LogP contribution in [-0.2, 0) is 4.79 Å². The molecule has 0 heterocycles. The molecule has 1 amide bonds. The van der Waals surface area contributed by atoms with Crippen LogP contribution >= 0.6 is 0 Å². The van der Waals surface area contributed by atoms with Gasteiger partial charge in [-0.05, 0) is 38.8 Å². The zero-order chi connectivity index (χ0) is 15.4. The highest BCUT2D eigenvalue weighted by Gasteiger charge is 2.36.